The Hall–Kier alpha value is -2.09. The van der Waals surface area contributed by atoms with Gasteiger partial charge in [-0.2, -0.15) is 0 Å². The molecule has 0 aromatic heterocycles. The van der Waals surface area contributed by atoms with Crippen molar-refractivity contribution in [1.29, 1.82) is 0 Å². The molecule has 1 aromatic carbocycles. The average Bonchev–Trinajstić information content (AvgIpc) is 2.47. The van der Waals surface area contributed by atoms with Crippen molar-refractivity contribution in [2.75, 3.05) is 25.5 Å². The van der Waals surface area contributed by atoms with E-state index in [4.69, 9.17) is 0 Å². The molecular formula is C16H22F3N3O2. The van der Waals surface area contributed by atoms with E-state index < -0.39 is 29.0 Å². The van der Waals surface area contributed by atoms with Crippen molar-refractivity contribution in [1.82, 2.24) is 10.2 Å². The second kappa shape index (κ2) is 8.68. The third-order valence-electron chi connectivity index (χ3n) is 3.52. The van der Waals surface area contributed by atoms with E-state index in [9.17, 15) is 22.8 Å². The van der Waals surface area contributed by atoms with Gasteiger partial charge < -0.3 is 10.6 Å². The fraction of sp³-hybridized carbons (Fsp3) is 0.500. The van der Waals surface area contributed by atoms with Gasteiger partial charge in [0, 0.05) is 6.04 Å². The highest BCUT2D eigenvalue weighted by Gasteiger charge is 2.17. The van der Waals surface area contributed by atoms with E-state index in [0.29, 0.717) is 0 Å². The van der Waals surface area contributed by atoms with Crippen LogP contribution in [0.2, 0.25) is 0 Å². The third kappa shape index (κ3) is 5.84. The molecule has 0 saturated carbocycles. The number of carbonyl (C=O) groups excluding carboxylic acids is 2. The minimum Gasteiger partial charge on any atom is -0.352 e. The van der Waals surface area contributed by atoms with Crippen molar-refractivity contribution in [3.8, 4) is 0 Å². The maximum Gasteiger partial charge on any atom is 0.238 e. The Morgan fingerprint density at radius 1 is 1.04 bits per heavy atom. The van der Waals surface area contributed by atoms with Crippen molar-refractivity contribution in [3.63, 3.8) is 0 Å². The first-order chi connectivity index (χ1) is 11.1. The van der Waals surface area contributed by atoms with Crippen LogP contribution in [0.15, 0.2) is 12.1 Å². The van der Waals surface area contributed by atoms with E-state index in [2.05, 4.69) is 10.6 Å². The largest absolute Gasteiger partial charge is 0.352 e. The zero-order chi connectivity index (χ0) is 18.4. The summed E-state index contributed by atoms with van der Waals surface area (Å²) in [4.78, 5) is 25.1. The van der Waals surface area contributed by atoms with Crippen LogP contribution in [0.4, 0.5) is 18.9 Å². The van der Waals surface area contributed by atoms with Crippen LogP contribution in [0.3, 0.4) is 0 Å². The highest BCUT2D eigenvalue weighted by atomic mass is 19.2. The number of rotatable bonds is 7. The zero-order valence-electron chi connectivity index (χ0n) is 14.1. The topological polar surface area (TPSA) is 61.4 Å². The summed E-state index contributed by atoms with van der Waals surface area (Å²) in [5, 5.41) is 4.94. The van der Waals surface area contributed by atoms with Gasteiger partial charge in [0.1, 0.15) is 0 Å². The molecule has 0 aliphatic carbocycles. The maximum atomic E-state index is 13.5. The van der Waals surface area contributed by atoms with Gasteiger partial charge in [0.05, 0.1) is 18.8 Å². The Morgan fingerprint density at radius 2 is 1.62 bits per heavy atom. The maximum absolute atomic E-state index is 13.5. The van der Waals surface area contributed by atoms with Crippen LogP contribution in [0.5, 0.6) is 0 Å². The molecule has 1 rings (SSSR count). The lowest BCUT2D eigenvalue weighted by Gasteiger charge is -2.20. The van der Waals surface area contributed by atoms with Crippen LogP contribution in [0.1, 0.15) is 20.8 Å². The molecule has 0 aliphatic rings. The highest BCUT2D eigenvalue weighted by molar-refractivity contribution is 5.92. The highest BCUT2D eigenvalue weighted by Crippen LogP contribution is 2.19. The molecule has 0 saturated heterocycles. The Kier molecular flexibility index (Phi) is 7.21. The number of amides is 2. The summed E-state index contributed by atoms with van der Waals surface area (Å²) in [5.41, 5.74) is -0.454. The number of nitrogens with one attached hydrogen (secondary N) is 2. The molecule has 1 aromatic rings. The van der Waals surface area contributed by atoms with Crippen LogP contribution in [-0.4, -0.2) is 42.9 Å². The van der Waals surface area contributed by atoms with E-state index in [1.165, 1.54) is 4.90 Å². The first kappa shape index (κ1) is 20.0. The molecule has 0 unspecified atom stereocenters. The molecule has 8 heteroatoms. The number of halogens is 3. The molecule has 0 fully saturated rings. The Balaban J connectivity index is 2.53. The molecular weight excluding hydrogens is 323 g/mol. The number of nitrogens with zero attached hydrogens (tertiary/aromatic N) is 1. The van der Waals surface area contributed by atoms with Crippen molar-refractivity contribution in [3.05, 3.63) is 29.6 Å². The molecule has 2 amide bonds. The first-order valence-corrected chi connectivity index (χ1v) is 7.53. The lowest BCUT2D eigenvalue weighted by molar-refractivity contribution is -0.123. The van der Waals surface area contributed by atoms with E-state index in [1.807, 2.05) is 20.8 Å². The van der Waals surface area contributed by atoms with E-state index in [0.717, 1.165) is 12.1 Å². The van der Waals surface area contributed by atoms with Crippen molar-refractivity contribution < 1.29 is 22.8 Å². The predicted octanol–water partition coefficient (Wildman–Crippen LogP) is 2.13. The monoisotopic (exact) mass is 345 g/mol. The molecule has 5 nitrogen and oxygen atoms in total. The number of hydrogen-bond donors (Lipinski definition) is 2. The molecule has 134 valence electrons. The standard InChI is InChI=1S/C16H22F3N3O2/c1-9(2)10(3)20-13(23)7-22(4)8-14(24)21-12-6-5-11(17)15(18)16(12)19/h5-6,9-10H,7-8H2,1-4H3,(H,20,23)(H,21,24)/t10-/m1/s1. The van der Waals surface area contributed by atoms with Gasteiger partial charge in [0.2, 0.25) is 11.8 Å². The van der Waals surface area contributed by atoms with Gasteiger partial charge in [0.15, 0.2) is 17.5 Å². The third-order valence-corrected chi connectivity index (χ3v) is 3.52. The molecule has 0 heterocycles. The van der Waals surface area contributed by atoms with Crippen LogP contribution in [-0.2, 0) is 9.59 Å². The minimum atomic E-state index is -1.65. The van der Waals surface area contributed by atoms with Gasteiger partial charge >= 0.3 is 0 Å². The number of carbonyl (C=O) groups is 2. The minimum absolute atomic E-state index is 0.00369. The van der Waals surface area contributed by atoms with Crippen LogP contribution in [0, 0.1) is 23.4 Å². The average molecular weight is 345 g/mol. The van der Waals surface area contributed by atoms with Crippen molar-refractivity contribution in [2.45, 2.75) is 26.8 Å². The lowest BCUT2D eigenvalue weighted by atomic mass is 10.1. The molecule has 0 bridgehead atoms. The number of hydrogen-bond acceptors (Lipinski definition) is 3. The molecule has 24 heavy (non-hydrogen) atoms. The smallest absolute Gasteiger partial charge is 0.238 e. The van der Waals surface area contributed by atoms with E-state index in [1.54, 1.807) is 7.05 Å². The predicted molar refractivity (Wildman–Crippen MR) is 84.9 cm³/mol. The van der Waals surface area contributed by atoms with Gasteiger partial charge in [-0.05, 0) is 32.0 Å². The molecule has 0 spiro atoms. The molecule has 1 atom stereocenters. The summed E-state index contributed by atoms with van der Waals surface area (Å²) in [6, 6.07) is 1.65. The second-order valence-electron chi connectivity index (χ2n) is 6.04. The van der Waals surface area contributed by atoms with Crippen LogP contribution >= 0.6 is 0 Å². The summed E-state index contributed by atoms with van der Waals surface area (Å²) in [5.74, 6) is -5.06. The fourth-order valence-corrected chi connectivity index (χ4v) is 1.82. The molecule has 0 radical (unpaired) electrons. The number of anilines is 1. The Morgan fingerprint density at radius 3 is 2.21 bits per heavy atom. The molecule has 2 N–H and O–H groups in total. The number of likely N-dealkylation sites (N-methyl/N-ethyl adjacent to an activating group) is 1. The van der Waals surface area contributed by atoms with Crippen molar-refractivity contribution in [2.24, 2.45) is 5.92 Å². The Labute approximate surface area is 139 Å². The molecule has 0 aliphatic heterocycles. The summed E-state index contributed by atoms with van der Waals surface area (Å²) >= 11 is 0. The van der Waals surface area contributed by atoms with E-state index >= 15 is 0 Å². The SMILES string of the molecule is CC(C)[C@@H](C)NC(=O)CN(C)CC(=O)Nc1ccc(F)c(F)c1F. The van der Waals surface area contributed by atoms with Crippen LogP contribution < -0.4 is 10.6 Å². The van der Waals surface area contributed by atoms with Gasteiger partial charge in [0.25, 0.3) is 0 Å². The first-order valence-electron chi connectivity index (χ1n) is 7.53. The van der Waals surface area contributed by atoms with Gasteiger partial charge in [-0.15, -0.1) is 0 Å². The second-order valence-corrected chi connectivity index (χ2v) is 6.04. The fourth-order valence-electron chi connectivity index (χ4n) is 1.82. The lowest BCUT2D eigenvalue weighted by Crippen LogP contribution is -2.43. The Bertz CT molecular complexity index is 608. The van der Waals surface area contributed by atoms with Gasteiger partial charge in [-0.1, -0.05) is 13.8 Å². The number of benzene rings is 1. The van der Waals surface area contributed by atoms with Gasteiger partial charge in [-0.3, -0.25) is 14.5 Å². The normalized spacial score (nSPS) is 12.4. The van der Waals surface area contributed by atoms with E-state index in [-0.39, 0.29) is 31.0 Å². The van der Waals surface area contributed by atoms with Crippen molar-refractivity contribution >= 4 is 17.5 Å². The van der Waals surface area contributed by atoms with Crippen LogP contribution in [0.25, 0.3) is 0 Å². The van der Waals surface area contributed by atoms with Gasteiger partial charge in [-0.25, -0.2) is 13.2 Å². The zero-order valence-corrected chi connectivity index (χ0v) is 14.1. The summed E-state index contributed by atoms with van der Waals surface area (Å²) in [7, 11) is 1.54. The summed E-state index contributed by atoms with van der Waals surface area (Å²) in [6.45, 7) is 5.59. The summed E-state index contributed by atoms with van der Waals surface area (Å²) in [6.07, 6.45) is 0. The quantitative estimate of drug-likeness (QED) is 0.745. The summed E-state index contributed by atoms with van der Waals surface area (Å²) < 4.78 is 39.4.